The lowest BCUT2D eigenvalue weighted by atomic mass is 9.97. The van der Waals surface area contributed by atoms with Crippen LogP contribution in [0.4, 0.5) is 5.82 Å². The molecular weight excluding hydrogens is 196 g/mol. The van der Waals surface area contributed by atoms with Crippen LogP contribution in [0.2, 0.25) is 0 Å². The van der Waals surface area contributed by atoms with Gasteiger partial charge in [0.15, 0.2) is 0 Å². The molecular formula is C14H22N2. The van der Waals surface area contributed by atoms with Gasteiger partial charge in [-0.3, -0.25) is 0 Å². The summed E-state index contributed by atoms with van der Waals surface area (Å²) in [5, 5.41) is 3.60. The number of nitrogens with one attached hydrogen (secondary N) is 1. The van der Waals surface area contributed by atoms with Crippen molar-refractivity contribution in [2.45, 2.75) is 52.0 Å². The van der Waals surface area contributed by atoms with E-state index in [1.807, 2.05) is 12.3 Å². The SMILES string of the molecule is Cc1ccnc(NC2CCCCCC2C)c1. The minimum atomic E-state index is 0.608. The van der Waals surface area contributed by atoms with Crippen molar-refractivity contribution in [3.8, 4) is 0 Å². The highest BCUT2D eigenvalue weighted by atomic mass is 15.0. The number of hydrogen-bond donors (Lipinski definition) is 1. The topological polar surface area (TPSA) is 24.9 Å². The van der Waals surface area contributed by atoms with Crippen LogP contribution in [0.25, 0.3) is 0 Å². The molecule has 0 aromatic carbocycles. The number of nitrogens with zero attached hydrogens (tertiary/aromatic N) is 1. The minimum absolute atomic E-state index is 0.608. The van der Waals surface area contributed by atoms with Crippen LogP contribution in [-0.4, -0.2) is 11.0 Å². The molecule has 2 unspecified atom stereocenters. The molecule has 0 spiro atoms. The highest BCUT2D eigenvalue weighted by Crippen LogP contribution is 2.25. The van der Waals surface area contributed by atoms with E-state index in [1.165, 1.54) is 37.7 Å². The van der Waals surface area contributed by atoms with Crippen molar-refractivity contribution in [3.63, 3.8) is 0 Å². The van der Waals surface area contributed by atoms with Crippen molar-refractivity contribution >= 4 is 5.82 Å². The highest BCUT2D eigenvalue weighted by molar-refractivity contribution is 5.38. The van der Waals surface area contributed by atoms with Gasteiger partial charge < -0.3 is 5.32 Å². The lowest BCUT2D eigenvalue weighted by Gasteiger charge is -2.23. The number of aromatic nitrogens is 1. The molecule has 1 aliphatic rings. The van der Waals surface area contributed by atoms with Crippen LogP contribution in [0, 0.1) is 12.8 Å². The molecule has 1 heterocycles. The molecule has 0 radical (unpaired) electrons. The fraction of sp³-hybridized carbons (Fsp3) is 0.643. The molecule has 0 amide bonds. The molecule has 1 aromatic heterocycles. The highest BCUT2D eigenvalue weighted by Gasteiger charge is 2.19. The molecule has 2 heteroatoms. The van der Waals surface area contributed by atoms with Crippen molar-refractivity contribution in [2.75, 3.05) is 5.32 Å². The summed E-state index contributed by atoms with van der Waals surface area (Å²) in [6.07, 6.45) is 8.66. The predicted molar refractivity (Wildman–Crippen MR) is 68.6 cm³/mol. The maximum atomic E-state index is 4.39. The Morgan fingerprint density at radius 2 is 2.06 bits per heavy atom. The lowest BCUT2D eigenvalue weighted by Crippen LogP contribution is -2.26. The average Bonchev–Trinajstić information content (AvgIpc) is 2.45. The second kappa shape index (κ2) is 5.33. The molecule has 1 saturated carbocycles. The van der Waals surface area contributed by atoms with Gasteiger partial charge in [-0.1, -0.05) is 26.2 Å². The summed E-state index contributed by atoms with van der Waals surface area (Å²) in [6, 6.07) is 4.79. The first-order chi connectivity index (χ1) is 7.75. The van der Waals surface area contributed by atoms with E-state index in [1.54, 1.807) is 0 Å². The molecule has 1 N–H and O–H groups in total. The third-order valence-electron chi connectivity index (χ3n) is 3.61. The van der Waals surface area contributed by atoms with Gasteiger partial charge in [0, 0.05) is 12.2 Å². The molecule has 0 saturated heterocycles. The summed E-state index contributed by atoms with van der Waals surface area (Å²) < 4.78 is 0. The second-order valence-electron chi connectivity index (χ2n) is 5.08. The summed E-state index contributed by atoms with van der Waals surface area (Å²) in [7, 11) is 0. The number of hydrogen-bond acceptors (Lipinski definition) is 2. The van der Waals surface area contributed by atoms with Gasteiger partial charge in [-0.15, -0.1) is 0 Å². The summed E-state index contributed by atoms with van der Waals surface area (Å²) in [6.45, 7) is 4.47. The van der Waals surface area contributed by atoms with Gasteiger partial charge >= 0.3 is 0 Å². The summed E-state index contributed by atoms with van der Waals surface area (Å²) in [4.78, 5) is 4.39. The van der Waals surface area contributed by atoms with E-state index < -0.39 is 0 Å². The Morgan fingerprint density at radius 1 is 1.25 bits per heavy atom. The van der Waals surface area contributed by atoms with E-state index in [4.69, 9.17) is 0 Å². The van der Waals surface area contributed by atoms with Crippen LogP contribution in [0.1, 0.15) is 44.6 Å². The lowest BCUT2D eigenvalue weighted by molar-refractivity contribution is 0.455. The van der Waals surface area contributed by atoms with Gasteiger partial charge in [-0.25, -0.2) is 4.98 Å². The van der Waals surface area contributed by atoms with Crippen LogP contribution >= 0.6 is 0 Å². The van der Waals surface area contributed by atoms with Gasteiger partial charge in [0.1, 0.15) is 5.82 Å². The third kappa shape index (κ3) is 2.97. The maximum Gasteiger partial charge on any atom is 0.126 e. The van der Waals surface area contributed by atoms with Gasteiger partial charge in [0.05, 0.1) is 0 Å². The Kier molecular flexibility index (Phi) is 3.81. The van der Waals surface area contributed by atoms with Gasteiger partial charge in [0.2, 0.25) is 0 Å². The minimum Gasteiger partial charge on any atom is -0.367 e. The summed E-state index contributed by atoms with van der Waals surface area (Å²) >= 11 is 0. The summed E-state index contributed by atoms with van der Waals surface area (Å²) in [5.41, 5.74) is 1.28. The number of rotatable bonds is 2. The standard InChI is InChI=1S/C14H22N2/c1-11-8-9-15-14(10-11)16-13-7-5-3-4-6-12(13)2/h8-10,12-13H,3-7H2,1-2H3,(H,15,16). The smallest absolute Gasteiger partial charge is 0.126 e. The maximum absolute atomic E-state index is 4.39. The van der Waals surface area contributed by atoms with Crippen LogP contribution in [0.5, 0.6) is 0 Å². The Morgan fingerprint density at radius 3 is 2.88 bits per heavy atom. The molecule has 0 aliphatic heterocycles. The Bertz CT molecular complexity index is 335. The van der Waals surface area contributed by atoms with Crippen molar-refractivity contribution in [3.05, 3.63) is 23.9 Å². The Balaban J connectivity index is 2.02. The van der Waals surface area contributed by atoms with Crippen LogP contribution in [-0.2, 0) is 0 Å². The van der Waals surface area contributed by atoms with Crippen LogP contribution in [0.15, 0.2) is 18.3 Å². The number of pyridine rings is 1. The molecule has 0 bridgehead atoms. The van der Waals surface area contributed by atoms with E-state index in [0.717, 1.165) is 11.7 Å². The van der Waals surface area contributed by atoms with E-state index in [9.17, 15) is 0 Å². The van der Waals surface area contributed by atoms with E-state index in [2.05, 4.69) is 30.2 Å². The third-order valence-corrected chi connectivity index (χ3v) is 3.61. The average molecular weight is 218 g/mol. The van der Waals surface area contributed by atoms with Crippen LogP contribution < -0.4 is 5.32 Å². The normalized spacial score (nSPS) is 26.1. The van der Waals surface area contributed by atoms with Gasteiger partial charge in [-0.2, -0.15) is 0 Å². The van der Waals surface area contributed by atoms with Crippen molar-refractivity contribution in [1.82, 2.24) is 4.98 Å². The fourth-order valence-electron chi connectivity index (χ4n) is 2.51. The number of aryl methyl sites for hydroxylation is 1. The molecule has 2 nitrogen and oxygen atoms in total. The number of anilines is 1. The Labute approximate surface area is 98.5 Å². The zero-order valence-electron chi connectivity index (χ0n) is 10.4. The molecule has 2 atom stereocenters. The second-order valence-corrected chi connectivity index (χ2v) is 5.08. The molecule has 1 fully saturated rings. The molecule has 88 valence electrons. The Hall–Kier alpha value is -1.05. The molecule has 1 aliphatic carbocycles. The fourth-order valence-corrected chi connectivity index (χ4v) is 2.51. The first-order valence-electron chi connectivity index (χ1n) is 6.45. The largest absolute Gasteiger partial charge is 0.367 e. The van der Waals surface area contributed by atoms with Gasteiger partial charge in [-0.05, 0) is 43.4 Å². The van der Waals surface area contributed by atoms with Crippen molar-refractivity contribution in [2.24, 2.45) is 5.92 Å². The molecule has 1 aromatic rings. The first-order valence-corrected chi connectivity index (χ1v) is 6.45. The van der Waals surface area contributed by atoms with E-state index in [0.29, 0.717) is 6.04 Å². The zero-order chi connectivity index (χ0) is 11.4. The quantitative estimate of drug-likeness (QED) is 0.764. The predicted octanol–water partition coefficient (Wildman–Crippen LogP) is 3.77. The summed E-state index contributed by atoms with van der Waals surface area (Å²) in [5.74, 6) is 1.81. The van der Waals surface area contributed by atoms with Crippen LogP contribution in [0.3, 0.4) is 0 Å². The van der Waals surface area contributed by atoms with Crippen molar-refractivity contribution in [1.29, 1.82) is 0 Å². The first kappa shape index (κ1) is 11.4. The molecule has 2 rings (SSSR count). The van der Waals surface area contributed by atoms with Crippen molar-refractivity contribution < 1.29 is 0 Å². The van der Waals surface area contributed by atoms with Gasteiger partial charge in [0.25, 0.3) is 0 Å². The monoisotopic (exact) mass is 218 g/mol. The van der Waals surface area contributed by atoms with E-state index >= 15 is 0 Å². The zero-order valence-corrected chi connectivity index (χ0v) is 10.4. The molecule has 16 heavy (non-hydrogen) atoms. The van der Waals surface area contributed by atoms with E-state index in [-0.39, 0.29) is 0 Å².